The van der Waals surface area contributed by atoms with Crippen LogP contribution in [0, 0.1) is 0 Å². The molecule has 2 aromatic carbocycles. The molecule has 1 atom stereocenters. The van der Waals surface area contributed by atoms with Gasteiger partial charge in [0.15, 0.2) is 0 Å². The highest BCUT2D eigenvalue weighted by atomic mass is 15.1. The summed E-state index contributed by atoms with van der Waals surface area (Å²) in [4.78, 5) is 2.19. The molecule has 1 nitrogen and oxygen atoms in total. The molecule has 0 spiro atoms. The molecular formula is C23H23N. The number of nitrogens with zero attached hydrogens (tertiary/aromatic N) is 1. The molecule has 1 unspecified atom stereocenters. The maximum absolute atomic E-state index is 3.98. The van der Waals surface area contributed by atoms with Gasteiger partial charge in [-0.1, -0.05) is 69.0 Å². The van der Waals surface area contributed by atoms with E-state index in [4.69, 9.17) is 0 Å². The zero-order valence-electron chi connectivity index (χ0n) is 14.6. The zero-order chi connectivity index (χ0) is 16.9. The summed E-state index contributed by atoms with van der Waals surface area (Å²) in [6.07, 6.45) is 8.28. The van der Waals surface area contributed by atoms with E-state index in [0.29, 0.717) is 0 Å². The minimum Gasteiger partial charge on any atom is -0.344 e. The molecule has 0 amide bonds. The van der Waals surface area contributed by atoms with E-state index in [1.807, 2.05) is 6.20 Å². The Hall–Kier alpha value is -2.54. The molecule has 24 heavy (non-hydrogen) atoms. The van der Waals surface area contributed by atoms with Crippen molar-refractivity contribution in [1.82, 2.24) is 4.90 Å². The molecule has 120 valence electrons. The van der Waals surface area contributed by atoms with Crippen LogP contribution >= 0.6 is 0 Å². The van der Waals surface area contributed by atoms with Crippen molar-refractivity contribution in [2.45, 2.75) is 32.2 Å². The minimum atomic E-state index is 0.0447. The Bertz CT molecular complexity index is 883. The third-order valence-electron chi connectivity index (χ3n) is 5.48. The molecule has 2 aliphatic rings. The first-order valence-electron chi connectivity index (χ1n) is 8.53. The van der Waals surface area contributed by atoms with Gasteiger partial charge in [0.1, 0.15) is 0 Å². The van der Waals surface area contributed by atoms with E-state index in [0.717, 1.165) is 0 Å². The van der Waals surface area contributed by atoms with Crippen LogP contribution in [0.5, 0.6) is 0 Å². The number of benzene rings is 2. The average molecular weight is 313 g/mol. The van der Waals surface area contributed by atoms with E-state index >= 15 is 0 Å². The Morgan fingerprint density at radius 3 is 2.58 bits per heavy atom. The summed E-state index contributed by atoms with van der Waals surface area (Å²) in [6.45, 7) is 10.8. The molecular weight excluding hydrogens is 290 g/mol. The van der Waals surface area contributed by atoms with Gasteiger partial charge in [-0.2, -0.15) is 0 Å². The van der Waals surface area contributed by atoms with Gasteiger partial charge in [0.05, 0.1) is 6.04 Å². The Morgan fingerprint density at radius 1 is 1.04 bits per heavy atom. The normalized spacial score (nSPS) is 20.4. The Kier molecular flexibility index (Phi) is 3.28. The second-order valence-corrected chi connectivity index (χ2v) is 7.26. The molecule has 1 heteroatoms. The van der Waals surface area contributed by atoms with E-state index in [1.165, 1.54) is 33.4 Å². The standard InChI is InChI=1S/C23H23N/c1-5-24-14-8-9-16(2)22(24)17-12-13-19-18-10-6-7-11-20(18)23(3,4)21(19)15-17/h5-15,22H,1H2,2-4H3. The van der Waals surface area contributed by atoms with Gasteiger partial charge in [-0.05, 0) is 52.6 Å². The fourth-order valence-electron chi connectivity index (χ4n) is 4.20. The maximum atomic E-state index is 3.98. The van der Waals surface area contributed by atoms with Crippen molar-refractivity contribution in [1.29, 1.82) is 0 Å². The van der Waals surface area contributed by atoms with E-state index in [-0.39, 0.29) is 11.5 Å². The number of hydrogen-bond acceptors (Lipinski definition) is 1. The predicted molar refractivity (Wildman–Crippen MR) is 102 cm³/mol. The molecule has 0 aromatic heterocycles. The molecule has 2 aromatic rings. The average Bonchev–Trinajstić information content (AvgIpc) is 2.82. The number of rotatable bonds is 2. The van der Waals surface area contributed by atoms with Crippen molar-refractivity contribution >= 4 is 0 Å². The van der Waals surface area contributed by atoms with Crippen molar-refractivity contribution in [2.75, 3.05) is 0 Å². The van der Waals surface area contributed by atoms with Gasteiger partial charge in [0.2, 0.25) is 0 Å². The second-order valence-electron chi connectivity index (χ2n) is 7.26. The van der Waals surface area contributed by atoms with Crippen molar-refractivity contribution in [3.05, 3.63) is 95.9 Å². The number of hydrogen-bond donors (Lipinski definition) is 0. The van der Waals surface area contributed by atoms with Gasteiger partial charge in [-0.25, -0.2) is 0 Å². The van der Waals surface area contributed by atoms with E-state index in [2.05, 4.69) is 93.1 Å². The van der Waals surface area contributed by atoms with Crippen LogP contribution in [0.15, 0.2) is 79.2 Å². The fraction of sp³-hybridized carbons (Fsp3) is 0.217. The summed E-state index contributed by atoms with van der Waals surface area (Å²) in [5, 5.41) is 0. The molecule has 1 aliphatic heterocycles. The minimum absolute atomic E-state index is 0.0447. The largest absolute Gasteiger partial charge is 0.344 e. The lowest BCUT2D eigenvalue weighted by molar-refractivity contribution is 0.415. The molecule has 0 radical (unpaired) electrons. The van der Waals surface area contributed by atoms with Crippen molar-refractivity contribution in [3.8, 4) is 11.1 Å². The van der Waals surface area contributed by atoms with Crippen molar-refractivity contribution in [3.63, 3.8) is 0 Å². The monoisotopic (exact) mass is 313 g/mol. The second kappa shape index (κ2) is 5.24. The van der Waals surface area contributed by atoms with Crippen LogP contribution in [-0.2, 0) is 5.41 Å². The third kappa shape index (κ3) is 2.01. The van der Waals surface area contributed by atoms with Crippen LogP contribution in [0.1, 0.15) is 43.5 Å². The predicted octanol–water partition coefficient (Wildman–Crippen LogP) is 5.95. The smallest absolute Gasteiger partial charge is 0.0793 e. The highest BCUT2D eigenvalue weighted by Crippen LogP contribution is 2.49. The highest BCUT2D eigenvalue weighted by molar-refractivity contribution is 5.81. The Balaban J connectivity index is 1.86. The lowest BCUT2D eigenvalue weighted by Crippen LogP contribution is -2.22. The molecule has 0 bridgehead atoms. The molecule has 0 N–H and O–H groups in total. The van der Waals surface area contributed by atoms with E-state index in [1.54, 1.807) is 0 Å². The first-order valence-corrected chi connectivity index (χ1v) is 8.53. The van der Waals surface area contributed by atoms with E-state index < -0.39 is 0 Å². The van der Waals surface area contributed by atoms with Gasteiger partial charge in [-0.15, -0.1) is 0 Å². The maximum Gasteiger partial charge on any atom is 0.0793 e. The highest BCUT2D eigenvalue weighted by Gasteiger charge is 2.36. The Morgan fingerprint density at radius 2 is 1.79 bits per heavy atom. The molecule has 1 heterocycles. The number of fused-ring (bicyclic) bond motifs is 3. The van der Waals surface area contributed by atoms with Crippen LogP contribution in [-0.4, -0.2) is 4.90 Å². The van der Waals surface area contributed by atoms with Crippen LogP contribution in [0.2, 0.25) is 0 Å². The van der Waals surface area contributed by atoms with E-state index in [9.17, 15) is 0 Å². The summed E-state index contributed by atoms with van der Waals surface area (Å²) in [5.74, 6) is 0. The van der Waals surface area contributed by atoms with Crippen LogP contribution in [0.25, 0.3) is 11.1 Å². The van der Waals surface area contributed by atoms with Gasteiger partial charge in [-0.3, -0.25) is 0 Å². The molecule has 4 rings (SSSR count). The summed E-state index contributed by atoms with van der Waals surface area (Å²) in [5.41, 5.74) is 8.31. The van der Waals surface area contributed by atoms with Crippen LogP contribution < -0.4 is 0 Å². The van der Waals surface area contributed by atoms with Crippen molar-refractivity contribution in [2.24, 2.45) is 0 Å². The summed E-state index contributed by atoms with van der Waals surface area (Å²) < 4.78 is 0. The van der Waals surface area contributed by atoms with Crippen LogP contribution in [0.4, 0.5) is 0 Å². The lowest BCUT2D eigenvalue weighted by Gasteiger charge is -2.32. The Labute approximate surface area is 144 Å². The quantitative estimate of drug-likeness (QED) is 0.662. The molecule has 0 fully saturated rings. The fourth-order valence-corrected chi connectivity index (χ4v) is 4.20. The van der Waals surface area contributed by atoms with Crippen LogP contribution in [0.3, 0.4) is 0 Å². The first kappa shape index (κ1) is 15.0. The SMILES string of the molecule is C=CN1C=CC=C(C)C1c1ccc2c(c1)C(C)(C)c1ccccc1-2. The summed E-state index contributed by atoms with van der Waals surface area (Å²) in [7, 11) is 0. The molecule has 0 saturated carbocycles. The first-order chi connectivity index (χ1) is 11.5. The number of allylic oxidation sites excluding steroid dienone is 2. The lowest BCUT2D eigenvalue weighted by atomic mass is 9.81. The van der Waals surface area contributed by atoms with Gasteiger partial charge < -0.3 is 4.90 Å². The molecule has 1 aliphatic carbocycles. The summed E-state index contributed by atoms with van der Waals surface area (Å²) >= 11 is 0. The van der Waals surface area contributed by atoms with Gasteiger partial charge >= 0.3 is 0 Å². The van der Waals surface area contributed by atoms with Gasteiger partial charge in [0.25, 0.3) is 0 Å². The molecule has 0 saturated heterocycles. The third-order valence-corrected chi connectivity index (χ3v) is 5.48. The summed E-state index contributed by atoms with van der Waals surface area (Å²) in [6, 6.07) is 16.0. The topological polar surface area (TPSA) is 3.24 Å². The zero-order valence-corrected chi connectivity index (χ0v) is 14.6. The van der Waals surface area contributed by atoms with Gasteiger partial charge in [0, 0.05) is 11.6 Å². The van der Waals surface area contributed by atoms with Crippen molar-refractivity contribution < 1.29 is 0 Å².